The van der Waals surface area contributed by atoms with Crippen LogP contribution in [0.3, 0.4) is 0 Å². The lowest BCUT2D eigenvalue weighted by molar-refractivity contribution is -0.144. The molecular weight excluding hydrogens is 558 g/mol. The number of nitrogens with zero attached hydrogens (tertiary/aromatic N) is 5. The van der Waals surface area contributed by atoms with Gasteiger partial charge in [0.05, 0.1) is 5.69 Å². The number of carbonyl (C=O) groups excluding carboxylic acids is 2. The summed E-state index contributed by atoms with van der Waals surface area (Å²) in [6, 6.07) is 31.3. The molecule has 1 aliphatic rings. The van der Waals surface area contributed by atoms with E-state index in [1.807, 2.05) is 96.8 Å². The maximum Gasteiger partial charge on any atom is 0.247 e. The first kappa shape index (κ1) is 29.6. The predicted molar refractivity (Wildman–Crippen MR) is 176 cm³/mol. The highest BCUT2D eigenvalue weighted by atomic mass is 16.2. The highest BCUT2D eigenvalue weighted by molar-refractivity contribution is 5.95. The quantitative estimate of drug-likeness (QED) is 0.194. The van der Waals surface area contributed by atoms with E-state index in [1.54, 1.807) is 29.6 Å². The predicted octanol–water partition coefficient (Wildman–Crippen LogP) is 6.09. The average molecular weight is 594 g/mol. The van der Waals surface area contributed by atoms with Crippen molar-refractivity contribution in [1.29, 1.82) is 0 Å². The first-order chi connectivity index (χ1) is 22.0. The fourth-order valence-corrected chi connectivity index (χ4v) is 5.67. The summed E-state index contributed by atoms with van der Waals surface area (Å²) in [5, 5.41) is 0. The number of amides is 2. The lowest BCUT2D eigenvalue weighted by atomic mass is 9.97. The summed E-state index contributed by atoms with van der Waals surface area (Å²) < 4.78 is 0. The number of benzene rings is 3. The van der Waals surface area contributed by atoms with Crippen molar-refractivity contribution in [2.45, 2.75) is 38.9 Å². The van der Waals surface area contributed by atoms with Gasteiger partial charge in [0.25, 0.3) is 0 Å². The molecule has 45 heavy (non-hydrogen) atoms. The molecule has 0 N–H and O–H groups in total. The first-order valence-corrected chi connectivity index (χ1v) is 15.2. The molecule has 5 aromatic rings. The summed E-state index contributed by atoms with van der Waals surface area (Å²) in [6.45, 7) is 3.22. The van der Waals surface area contributed by atoms with E-state index in [0.717, 1.165) is 34.4 Å². The number of aryl methyl sites for hydroxylation is 1. The minimum absolute atomic E-state index is 0.0566. The zero-order valence-corrected chi connectivity index (χ0v) is 25.3. The van der Waals surface area contributed by atoms with Crippen molar-refractivity contribution in [3.05, 3.63) is 155 Å². The van der Waals surface area contributed by atoms with Crippen molar-refractivity contribution >= 4 is 17.9 Å². The van der Waals surface area contributed by atoms with Crippen LogP contribution in [0.25, 0.3) is 17.3 Å². The van der Waals surface area contributed by atoms with Gasteiger partial charge >= 0.3 is 0 Å². The summed E-state index contributed by atoms with van der Waals surface area (Å²) in [5.41, 5.74) is 6.91. The Bertz CT molecular complexity index is 1770. The van der Waals surface area contributed by atoms with Crippen LogP contribution in [0.5, 0.6) is 0 Å². The number of aromatic nitrogens is 3. The van der Waals surface area contributed by atoms with Crippen LogP contribution in [0.15, 0.2) is 122 Å². The summed E-state index contributed by atoms with van der Waals surface area (Å²) >= 11 is 0. The fourth-order valence-electron chi connectivity index (χ4n) is 5.67. The van der Waals surface area contributed by atoms with Crippen LogP contribution in [0.1, 0.15) is 33.6 Å². The van der Waals surface area contributed by atoms with Crippen LogP contribution in [-0.4, -0.2) is 49.2 Å². The van der Waals surface area contributed by atoms with Crippen LogP contribution in [0.2, 0.25) is 0 Å². The highest BCUT2D eigenvalue weighted by Crippen LogP contribution is 2.24. The van der Waals surface area contributed by atoms with E-state index in [-0.39, 0.29) is 18.4 Å². The normalized spacial score (nSPS) is 13.3. The Morgan fingerprint density at radius 3 is 2.27 bits per heavy atom. The Hall–Kier alpha value is -5.43. The molecule has 0 radical (unpaired) electrons. The van der Waals surface area contributed by atoms with E-state index in [0.29, 0.717) is 30.9 Å². The standard InChI is InChI=1S/C38H35N5O2/c1-28-40-24-31(25-41-28)16-19-37(44)43(26-30-14-17-33(18-15-30)35-13-7-8-21-39-35)36(23-29-9-3-2-4-10-29)38(45)42-22-20-32-11-5-6-12-34(32)27-42/h2-19,21,24-25,36H,20,22-23,26-27H2,1H3/b19-16+/t36-/m0/s1. The molecule has 2 aromatic heterocycles. The van der Waals surface area contributed by atoms with E-state index >= 15 is 0 Å². The van der Waals surface area contributed by atoms with E-state index in [9.17, 15) is 9.59 Å². The van der Waals surface area contributed by atoms with Gasteiger partial charge in [0.1, 0.15) is 11.9 Å². The Morgan fingerprint density at radius 2 is 1.53 bits per heavy atom. The second-order valence-electron chi connectivity index (χ2n) is 11.3. The fraction of sp³-hybridized carbons (Fsp3) is 0.184. The maximum absolute atomic E-state index is 14.5. The molecule has 7 heteroatoms. The van der Waals surface area contributed by atoms with Gasteiger partial charge in [0.2, 0.25) is 11.8 Å². The number of pyridine rings is 1. The van der Waals surface area contributed by atoms with Crippen molar-refractivity contribution in [3.63, 3.8) is 0 Å². The van der Waals surface area contributed by atoms with Gasteiger partial charge in [-0.05, 0) is 53.8 Å². The molecule has 0 spiro atoms. The maximum atomic E-state index is 14.5. The molecule has 6 rings (SSSR count). The zero-order chi connectivity index (χ0) is 31.0. The number of carbonyl (C=O) groups is 2. The molecule has 1 aliphatic heterocycles. The number of hydrogen-bond donors (Lipinski definition) is 0. The minimum atomic E-state index is -0.709. The Balaban J connectivity index is 1.34. The van der Waals surface area contributed by atoms with Crippen LogP contribution < -0.4 is 0 Å². The monoisotopic (exact) mass is 593 g/mol. The van der Waals surface area contributed by atoms with E-state index in [4.69, 9.17) is 0 Å². The number of rotatable bonds is 9. The van der Waals surface area contributed by atoms with E-state index < -0.39 is 6.04 Å². The molecule has 3 aromatic carbocycles. The van der Waals surface area contributed by atoms with Gasteiger partial charge in [0, 0.05) is 61.8 Å². The Labute approximate surface area is 263 Å². The highest BCUT2D eigenvalue weighted by Gasteiger charge is 2.34. The average Bonchev–Trinajstić information content (AvgIpc) is 3.10. The summed E-state index contributed by atoms with van der Waals surface area (Å²) in [5.74, 6) is 0.348. The van der Waals surface area contributed by atoms with Gasteiger partial charge in [-0.15, -0.1) is 0 Å². The Morgan fingerprint density at radius 1 is 0.822 bits per heavy atom. The van der Waals surface area contributed by atoms with Gasteiger partial charge in [-0.1, -0.05) is 84.9 Å². The first-order valence-electron chi connectivity index (χ1n) is 15.2. The molecule has 0 bridgehead atoms. The third kappa shape index (κ3) is 7.39. The lowest BCUT2D eigenvalue weighted by Crippen LogP contribution is -2.52. The van der Waals surface area contributed by atoms with Crippen molar-refractivity contribution in [3.8, 4) is 11.3 Å². The molecule has 224 valence electrons. The second-order valence-corrected chi connectivity index (χ2v) is 11.3. The molecular formula is C38H35N5O2. The summed E-state index contributed by atoms with van der Waals surface area (Å²) in [7, 11) is 0. The van der Waals surface area contributed by atoms with Crippen LogP contribution in [0.4, 0.5) is 0 Å². The van der Waals surface area contributed by atoms with E-state index in [2.05, 4.69) is 27.1 Å². The van der Waals surface area contributed by atoms with Crippen LogP contribution >= 0.6 is 0 Å². The van der Waals surface area contributed by atoms with Crippen molar-refractivity contribution in [2.75, 3.05) is 6.54 Å². The molecule has 0 unspecified atom stereocenters. The molecule has 3 heterocycles. The lowest BCUT2D eigenvalue weighted by Gasteiger charge is -2.37. The summed E-state index contributed by atoms with van der Waals surface area (Å²) in [6.07, 6.45) is 9.56. The third-order valence-corrected chi connectivity index (χ3v) is 8.15. The molecule has 1 atom stereocenters. The smallest absolute Gasteiger partial charge is 0.247 e. The van der Waals surface area contributed by atoms with Crippen molar-refractivity contribution < 1.29 is 9.59 Å². The Kier molecular flexibility index (Phi) is 9.16. The van der Waals surface area contributed by atoms with E-state index in [1.165, 1.54) is 11.6 Å². The third-order valence-electron chi connectivity index (χ3n) is 8.15. The number of fused-ring (bicyclic) bond motifs is 1. The summed E-state index contributed by atoms with van der Waals surface area (Å²) in [4.78, 5) is 45.2. The van der Waals surface area contributed by atoms with Crippen LogP contribution in [0, 0.1) is 6.92 Å². The SMILES string of the molecule is Cc1ncc(/C=C/C(=O)N(Cc2ccc(-c3ccccn3)cc2)[C@@H](Cc2ccccc2)C(=O)N2CCc3ccccc3C2)cn1. The topological polar surface area (TPSA) is 79.3 Å². The molecule has 2 amide bonds. The molecule has 0 saturated heterocycles. The number of hydrogen-bond acceptors (Lipinski definition) is 5. The molecule has 7 nitrogen and oxygen atoms in total. The largest absolute Gasteiger partial charge is 0.336 e. The molecule has 0 saturated carbocycles. The molecule has 0 aliphatic carbocycles. The van der Waals surface area contributed by atoms with Gasteiger partial charge in [0.15, 0.2) is 0 Å². The van der Waals surface area contributed by atoms with Gasteiger partial charge in [-0.2, -0.15) is 0 Å². The van der Waals surface area contributed by atoms with Gasteiger partial charge < -0.3 is 9.80 Å². The molecule has 0 fully saturated rings. The van der Waals surface area contributed by atoms with Crippen molar-refractivity contribution in [2.24, 2.45) is 0 Å². The zero-order valence-electron chi connectivity index (χ0n) is 25.3. The van der Waals surface area contributed by atoms with Gasteiger partial charge in [-0.25, -0.2) is 9.97 Å². The minimum Gasteiger partial charge on any atom is -0.336 e. The van der Waals surface area contributed by atoms with Gasteiger partial charge in [-0.3, -0.25) is 14.6 Å². The van der Waals surface area contributed by atoms with Crippen molar-refractivity contribution in [1.82, 2.24) is 24.8 Å². The second kappa shape index (κ2) is 13.9. The van der Waals surface area contributed by atoms with Crippen LogP contribution in [-0.2, 0) is 35.5 Å².